The van der Waals surface area contributed by atoms with Crippen LogP contribution >= 0.6 is 0 Å². The van der Waals surface area contributed by atoms with E-state index in [1.54, 1.807) is 26.8 Å². The third-order valence-electron chi connectivity index (χ3n) is 2.92. The summed E-state index contributed by atoms with van der Waals surface area (Å²) in [6.07, 6.45) is 0.813. The van der Waals surface area contributed by atoms with Gasteiger partial charge in [0.1, 0.15) is 23.1 Å². The van der Waals surface area contributed by atoms with Gasteiger partial charge in [0, 0.05) is 6.54 Å². The van der Waals surface area contributed by atoms with Gasteiger partial charge in [0.05, 0.1) is 0 Å². The number of amides is 2. The van der Waals surface area contributed by atoms with Crippen molar-refractivity contribution in [3.8, 4) is 0 Å². The second-order valence-corrected chi connectivity index (χ2v) is 4.98. The van der Waals surface area contributed by atoms with Gasteiger partial charge in [0.2, 0.25) is 5.91 Å². The summed E-state index contributed by atoms with van der Waals surface area (Å²) in [5.41, 5.74) is 0.291. The summed E-state index contributed by atoms with van der Waals surface area (Å²) < 4.78 is 10.1. The van der Waals surface area contributed by atoms with Crippen LogP contribution in [0.3, 0.4) is 0 Å². The van der Waals surface area contributed by atoms with E-state index in [0.29, 0.717) is 23.6 Å². The lowest BCUT2D eigenvalue weighted by Gasteiger charge is -2.13. The molecular weight excluding hydrogens is 288 g/mol. The SMILES string of the molecule is CCCNC(=O)[C@H](C)NC(=O)COC(=O)c1cc(C)oc1C. The molecule has 0 bridgehead atoms. The number of nitrogens with one attached hydrogen (secondary N) is 2. The van der Waals surface area contributed by atoms with E-state index in [1.165, 1.54) is 0 Å². The fourth-order valence-electron chi connectivity index (χ4n) is 1.79. The first-order valence-electron chi connectivity index (χ1n) is 7.16. The van der Waals surface area contributed by atoms with Gasteiger partial charge in [-0.1, -0.05) is 6.92 Å². The van der Waals surface area contributed by atoms with E-state index in [2.05, 4.69) is 10.6 Å². The van der Waals surface area contributed by atoms with E-state index in [0.717, 1.165) is 6.42 Å². The summed E-state index contributed by atoms with van der Waals surface area (Å²) in [6.45, 7) is 6.95. The topological polar surface area (TPSA) is 97.6 Å². The van der Waals surface area contributed by atoms with Crippen LogP contribution < -0.4 is 10.6 Å². The molecule has 0 aromatic carbocycles. The average molecular weight is 310 g/mol. The monoisotopic (exact) mass is 310 g/mol. The summed E-state index contributed by atoms with van der Waals surface area (Å²) in [6, 6.07) is 0.867. The van der Waals surface area contributed by atoms with Gasteiger partial charge in [-0.2, -0.15) is 0 Å². The van der Waals surface area contributed by atoms with Crippen LogP contribution in [0.25, 0.3) is 0 Å². The maximum atomic E-state index is 11.8. The minimum absolute atomic E-state index is 0.275. The average Bonchev–Trinajstić information content (AvgIpc) is 2.80. The van der Waals surface area contributed by atoms with Crippen LogP contribution in [0.1, 0.15) is 42.1 Å². The Morgan fingerprint density at radius 3 is 2.55 bits per heavy atom. The third-order valence-corrected chi connectivity index (χ3v) is 2.92. The van der Waals surface area contributed by atoms with Crippen molar-refractivity contribution in [2.45, 2.75) is 40.2 Å². The smallest absolute Gasteiger partial charge is 0.342 e. The molecule has 1 heterocycles. The van der Waals surface area contributed by atoms with Crippen molar-refractivity contribution in [1.29, 1.82) is 0 Å². The fourth-order valence-corrected chi connectivity index (χ4v) is 1.79. The van der Waals surface area contributed by atoms with Gasteiger partial charge in [-0.05, 0) is 33.3 Å². The summed E-state index contributed by atoms with van der Waals surface area (Å²) in [4.78, 5) is 35.1. The largest absolute Gasteiger partial charge is 0.466 e. The van der Waals surface area contributed by atoms with Crippen LogP contribution in [0.5, 0.6) is 0 Å². The molecule has 22 heavy (non-hydrogen) atoms. The third kappa shape index (κ3) is 5.23. The first kappa shape index (κ1) is 17.7. The van der Waals surface area contributed by atoms with Crippen LogP contribution in [0.4, 0.5) is 0 Å². The number of aryl methyl sites for hydroxylation is 2. The number of esters is 1. The van der Waals surface area contributed by atoms with Crippen molar-refractivity contribution >= 4 is 17.8 Å². The van der Waals surface area contributed by atoms with Crippen molar-refractivity contribution in [2.75, 3.05) is 13.2 Å². The molecule has 2 amide bonds. The van der Waals surface area contributed by atoms with Crippen molar-refractivity contribution in [1.82, 2.24) is 10.6 Å². The molecule has 7 heteroatoms. The first-order chi connectivity index (χ1) is 10.3. The molecule has 1 aromatic rings. The second kappa shape index (κ2) is 8.21. The van der Waals surface area contributed by atoms with E-state index in [4.69, 9.17) is 9.15 Å². The molecule has 1 aromatic heterocycles. The predicted octanol–water partition coefficient (Wildman–Crippen LogP) is 1.08. The Kier molecular flexibility index (Phi) is 6.62. The molecule has 0 saturated heterocycles. The van der Waals surface area contributed by atoms with Gasteiger partial charge < -0.3 is 19.8 Å². The van der Waals surface area contributed by atoms with Gasteiger partial charge in [-0.3, -0.25) is 9.59 Å². The zero-order valence-electron chi connectivity index (χ0n) is 13.3. The Morgan fingerprint density at radius 1 is 1.32 bits per heavy atom. The van der Waals surface area contributed by atoms with Crippen molar-refractivity contribution in [3.63, 3.8) is 0 Å². The summed E-state index contributed by atoms with van der Waals surface area (Å²) in [5.74, 6) is -0.411. The van der Waals surface area contributed by atoms with E-state index in [1.807, 2.05) is 6.92 Å². The van der Waals surface area contributed by atoms with Crippen molar-refractivity contribution < 1.29 is 23.5 Å². The Hall–Kier alpha value is -2.31. The minimum atomic E-state index is -0.685. The number of ether oxygens (including phenoxy) is 1. The Bertz CT molecular complexity index is 550. The highest BCUT2D eigenvalue weighted by molar-refractivity contribution is 5.93. The first-order valence-corrected chi connectivity index (χ1v) is 7.16. The van der Waals surface area contributed by atoms with Crippen LogP contribution in [0.15, 0.2) is 10.5 Å². The maximum absolute atomic E-state index is 11.8. The Balaban J connectivity index is 2.41. The molecule has 7 nitrogen and oxygen atoms in total. The normalized spacial score (nSPS) is 11.6. The summed E-state index contributed by atoms with van der Waals surface area (Å²) in [5, 5.41) is 5.13. The van der Waals surface area contributed by atoms with Crippen LogP contribution in [0, 0.1) is 13.8 Å². The van der Waals surface area contributed by atoms with Gasteiger partial charge in [0.15, 0.2) is 6.61 Å². The van der Waals surface area contributed by atoms with E-state index in [9.17, 15) is 14.4 Å². The highest BCUT2D eigenvalue weighted by Gasteiger charge is 2.18. The van der Waals surface area contributed by atoms with Gasteiger partial charge in [0.25, 0.3) is 5.91 Å². The molecule has 1 rings (SSSR count). The van der Waals surface area contributed by atoms with Gasteiger partial charge >= 0.3 is 5.97 Å². The van der Waals surface area contributed by atoms with Crippen LogP contribution in [0.2, 0.25) is 0 Å². The zero-order chi connectivity index (χ0) is 16.7. The number of furan rings is 1. The van der Waals surface area contributed by atoms with Crippen LogP contribution in [-0.2, 0) is 14.3 Å². The predicted molar refractivity (Wildman–Crippen MR) is 79.4 cm³/mol. The molecule has 0 unspecified atom stereocenters. The highest BCUT2D eigenvalue weighted by Crippen LogP contribution is 2.14. The Labute approximate surface area is 129 Å². The molecule has 0 aliphatic heterocycles. The number of carbonyl (C=O) groups excluding carboxylic acids is 3. The summed E-state index contributed by atoms with van der Waals surface area (Å²) in [7, 11) is 0. The molecule has 0 radical (unpaired) electrons. The zero-order valence-corrected chi connectivity index (χ0v) is 13.3. The van der Waals surface area contributed by atoms with Crippen LogP contribution in [-0.4, -0.2) is 37.0 Å². The second-order valence-electron chi connectivity index (χ2n) is 4.98. The molecule has 0 spiro atoms. The molecule has 0 fully saturated rings. The molecule has 0 aliphatic rings. The molecule has 0 saturated carbocycles. The number of hydrogen-bond donors (Lipinski definition) is 2. The number of rotatable bonds is 7. The molecule has 2 N–H and O–H groups in total. The minimum Gasteiger partial charge on any atom is -0.466 e. The van der Waals surface area contributed by atoms with Crippen molar-refractivity contribution in [2.24, 2.45) is 0 Å². The van der Waals surface area contributed by atoms with Gasteiger partial charge in [-0.25, -0.2) is 4.79 Å². The van der Waals surface area contributed by atoms with Gasteiger partial charge in [-0.15, -0.1) is 0 Å². The quantitative estimate of drug-likeness (QED) is 0.735. The lowest BCUT2D eigenvalue weighted by atomic mass is 10.2. The number of carbonyl (C=O) groups is 3. The number of hydrogen-bond acceptors (Lipinski definition) is 5. The van der Waals surface area contributed by atoms with E-state index < -0.39 is 24.5 Å². The highest BCUT2D eigenvalue weighted by atomic mass is 16.5. The fraction of sp³-hybridized carbons (Fsp3) is 0.533. The molecular formula is C15H22N2O5. The standard InChI is InChI=1S/C15H22N2O5/c1-5-6-16-14(19)10(3)17-13(18)8-21-15(20)12-7-9(2)22-11(12)4/h7,10H,5-6,8H2,1-4H3,(H,16,19)(H,17,18)/t10-/m0/s1. The maximum Gasteiger partial charge on any atom is 0.342 e. The molecule has 1 atom stereocenters. The van der Waals surface area contributed by atoms with Crippen molar-refractivity contribution in [3.05, 3.63) is 23.2 Å². The molecule has 122 valence electrons. The Morgan fingerprint density at radius 2 is 2.00 bits per heavy atom. The summed E-state index contributed by atoms with van der Waals surface area (Å²) >= 11 is 0. The van der Waals surface area contributed by atoms with E-state index in [-0.39, 0.29) is 5.91 Å². The lowest BCUT2D eigenvalue weighted by molar-refractivity contribution is -0.130. The van der Waals surface area contributed by atoms with E-state index >= 15 is 0 Å². The lowest BCUT2D eigenvalue weighted by Crippen LogP contribution is -2.46. The molecule has 0 aliphatic carbocycles.